The molecule has 0 amide bonds. The zero-order valence-electron chi connectivity index (χ0n) is 18.0. The first kappa shape index (κ1) is 23.6. The largest absolute Gasteiger partial charge is 0.350 e. The van der Waals surface area contributed by atoms with Gasteiger partial charge in [0.15, 0.2) is 0 Å². The zero-order valence-corrected chi connectivity index (χ0v) is 18.9. The molecule has 0 aliphatic heterocycles. The van der Waals surface area contributed by atoms with Crippen molar-refractivity contribution in [2.24, 2.45) is 0 Å². The van der Waals surface area contributed by atoms with Crippen LogP contribution in [0.25, 0.3) is 0 Å². The minimum atomic E-state index is -3.25. The lowest BCUT2D eigenvalue weighted by atomic mass is 9.94. The van der Waals surface area contributed by atoms with Gasteiger partial charge in [0.05, 0.1) is 13.2 Å². The van der Waals surface area contributed by atoms with Gasteiger partial charge in [-0.1, -0.05) is 89.1 Å². The summed E-state index contributed by atoms with van der Waals surface area (Å²) < 4.78 is 26.4. The third-order valence-corrected chi connectivity index (χ3v) is 8.39. The standard InChI is InChI=1S/C23H40NO3P/c1-3-5-13-19-26-28(25,27-20-14-6-4-2)23(17-11-8-12-18-23)24-21-22-15-9-7-10-16-22/h7,9-10,15-16,24H,3-6,8,11-14,17-21H2,1-2H3. The molecule has 0 saturated heterocycles. The molecule has 1 aromatic carbocycles. The summed E-state index contributed by atoms with van der Waals surface area (Å²) >= 11 is 0. The van der Waals surface area contributed by atoms with E-state index in [1.807, 2.05) is 18.2 Å². The normalized spacial score (nSPS) is 16.9. The van der Waals surface area contributed by atoms with Crippen LogP contribution in [0.3, 0.4) is 0 Å². The fourth-order valence-corrected chi connectivity index (χ4v) is 6.35. The van der Waals surface area contributed by atoms with Crippen molar-refractivity contribution in [2.45, 2.75) is 96.3 Å². The molecule has 0 bridgehead atoms. The van der Waals surface area contributed by atoms with Crippen molar-refractivity contribution < 1.29 is 13.6 Å². The molecule has 1 aliphatic rings. The van der Waals surface area contributed by atoms with E-state index in [9.17, 15) is 4.57 Å². The Morgan fingerprint density at radius 2 is 1.46 bits per heavy atom. The maximum Gasteiger partial charge on any atom is 0.350 e. The molecule has 1 fully saturated rings. The molecule has 160 valence electrons. The van der Waals surface area contributed by atoms with Gasteiger partial charge < -0.3 is 9.05 Å². The Hall–Kier alpha value is -0.670. The summed E-state index contributed by atoms with van der Waals surface area (Å²) in [6.45, 7) is 6.08. The van der Waals surface area contributed by atoms with E-state index in [2.05, 4.69) is 31.3 Å². The van der Waals surface area contributed by atoms with Crippen LogP contribution < -0.4 is 5.32 Å². The molecule has 5 heteroatoms. The molecule has 1 N–H and O–H groups in total. The number of hydrogen-bond acceptors (Lipinski definition) is 4. The Kier molecular flexibility index (Phi) is 10.8. The second-order valence-corrected chi connectivity index (χ2v) is 10.4. The van der Waals surface area contributed by atoms with Crippen molar-refractivity contribution in [1.29, 1.82) is 0 Å². The van der Waals surface area contributed by atoms with Crippen molar-refractivity contribution >= 4 is 7.60 Å². The molecule has 0 unspecified atom stereocenters. The molecule has 0 atom stereocenters. The first-order valence-corrected chi connectivity index (χ1v) is 12.9. The maximum absolute atomic E-state index is 14.1. The minimum absolute atomic E-state index is 0.521. The Bertz CT molecular complexity index is 556. The van der Waals surface area contributed by atoms with Crippen LogP contribution in [0.1, 0.15) is 90.0 Å². The van der Waals surface area contributed by atoms with Gasteiger partial charge in [-0.05, 0) is 31.2 Å². The van der Waals surface area contributed by atoms with Crippen molar-refractivity contribution in [3.63, 3.8) is 0 Å². The third-order valence-electron chi connectivity index (χ3n) is 5.69. The number of unbranched alkanes of at least 4 members (excludes halogenated alkanes) is 4. The minimum Gasteiger partial charge on any atom is -0.307 e. The molecular formula is C23H40NO3P. The van der Waals surface area contributed by atoms with E-state index < -0.39 is 12.9 Å². The summed E-state index contributed by atoms with van der Waals surface area (Å²) in [7, 11) is -3.25. The van der Waals surface area contributed by atoms with Gasteiger partial charge in [-0.2, -0.15) is 0 Å². The second-order valence-electron chi connectivity index (χ2n) is 8.01. The van der Waals surface area contributed by atoms with Gasteiger partial charge in [0.25, 0.3) is 0 Å². The van der Waals surface area contributed by atoms with Gasteiger partial charge in [0.1, 0.15) is 5.28 Å². The molecular weight excluding hydrogens is 369 g/mol. The molecule has 0 radical (unpaired) electrons. The average Bonchev–Trinajstić information content (AvgIpc) is 2.74. The van der Waals surface area contributed by atoms with Crippen molar-refractivity contribution in [2.75, 3.05) is 13.2 Å². The van der Waals surface area contributed by atoms with Gasteiger partial charge in [0, 0.05) is 6.54 Å². The van der Waals surface area contributed by atoms with Crippen LogP contribution in [0.15, 0.2) is 30.3 Å². The highest BCUT2D eigenvalue weighted by molar-refractivity contribution is 7.55. The highest BCUT2D eigenvalue weighted by atomic mass is 31.2. The zero-order chi connectivity index (χ0) is 20.1. The predicted molar refractivity (Wildman–Crippen MR) is 118 cm³/mol. The van der Waals surface area contributed by atoms with Crippen molar-refractivity contribution in [1.82, 2.24) is 5.32 Å². The molecule has 2 rings (SSSR count). The lowest BCUT2D eigenvalue weighted by Crippen LogP contribution is -2.47. The van der Waals surface area contributed by atoms with E-state index in [1.165, 1.54) is 12.0 Å². The second kappa shape index (κ2) is 12.8. The van der Waals surface area contributed by atoms with Crippen molar-refractivity contribution in [3.8, 4) is 0 Å². The van der Waals surface area contributed by atoms with Crippen LogP contribution in [0, 0.1) is 0 Å². The average molecular weight is 410 g/mol. The molecule has 1 aromatic rings. The number of benzene rings is 1. The lowest BCUT2D eigenvalue weighted by Gasteiger charge is -2.42. The summed E-state index contributed by atoms with van der Waals surface area (Å²) in [5.41, 5.74) is 1.20. The van der Waals surface area contributed by atoms with E-state index >= 15 is 0 Å². The van der Waals surface area contributed by atoms with E-state index in [4.69, 9.17) is 9.05 Å². The fraction of sp³-hybridized carbons (Fsp3) is 0.739. The summed E-state index contributed by atoms with van der Waals surface area (Å²) in [5, 5.41) is 3.10. The first-order valence-electron chi connectivity index (χ1n) is 11.3. The van der Waals surface area contributed by atoms with Gasteiger partial charge >= 0.3 is 7.60 Å². The monoisotopic (exact) mass is 409 g/mol. The summed E-state index contributed by atoms with van der Waals surface area (Å²) in [5.74, 6) is 0. The third kappa shape index (κ3) is 6.99. The maximum atomic E-state index is 14.1. The van der Waals surface area contributed by atoms with Gasteiger partial charge in [-0.25, -0.2) is 0 Å². The van der Waals surface area contributed by atoms with E-state index in [0.29, 0.717) is 19.8 Å². The Labute approximate surface area is 172 Å². The van der Waals surface area contributed by atoms with E-state index in [0.717, 1.165) is 64.2 Å². The summed E-state index contributed by atoms with van der Waals surface area (Å²) in [6, 6.07) is 10.3. The molecule has 4 nitrogen and oxygen atoms in total. The number of rotatable bonds is 14. The topological polar surface area (TPSA) is 47.6 Å². The van der Waals surface area contributed by atoms with Crippen LogP contribution in [0.5, 0.6) is 0 Å². The number of hydrogen-bond donors (Lipinski definition) is 1. The van der Waals surface area contributed by atoms with Crippen LogP contribution in [0.4, 0.5) is 0 Å². The van der Waals surface area contributed by atoms with Crippen molar-refractivity contribution in [3.05, 3.63) is 35.9 Å². The Morgan fingerprint density at radius 1 is 0.893 bits per heavy atom. The van der Waals surface area contributed by atoms with Gasteiger partial charge in [0.2, 0.25) is 0 Å². The summed E-state index contributed by atoms with van der Waals surface area (Å²) in [6.07, 6.45) is 11.4. The molecule has 1 aliphatic carbocycles. The van der Waals surface area contributed by atoms with Crippen LogP contribution >= 0.6 is 7.60 Å². The SMILES string of the molecule is CCCCCOP(=O)(OCCCCC)C1(NCc2ccccc2)CCCCC1. The highest BCUT2D eigenvalue weighted by Crippen LogP contribution is 2.64. The fourth-order valence-electron chi connectivity index (χ4n) is 3.90. The molecule has 28 heavy (non-hydrogen) atoms. The molecule has 0 heterocycles. The number of nitrogens with one attached hydrogen (secondary N) is 1. The predicted octanol–water partition coefficient (Wildman–Crippen LogP) is 7.04. The van der Waals surface area contributed by atoms with E-state index in [-0.39, 0.29) is 0 Å². The summed E-state index contributed by atoms with van der Waals surface area (Å²) in [4.78, 5) is 0. The van der Waals surface area contributed by atoms with Gasteiger partial charge in [-0.15, -0.1) is 0 Å². The Morgan fingerprint density at radius 3 is 2.00 bits per heavy atom. The highest BCUT2D eigenvalue weighted by Gasteiger charge is 2.51. The molecule has 1 saturated carbocycles. The Balaban J connectivity index is 2.14. The van der Waals surface area contributed by atoms with E-state index in [1.54, 1.807) is 0 Å². The van der Waals surface area contributed by atoms with Gasteiger partial charge in [-0.3, -0.25) is 9.88 Å². The van der Waals surface area contributed by atoms with Crippen LogP contribution in [-0.4, -0.2) is 18.5 Å². The quantitative estimate of drug-likeness (QED) is 0.264. The van der Waals surface area contributed by atoms with Crippen LogP contribution in [-0.2, 0) is 20.2 Å². The first-order chi connectivity index (χ1) is 13.7. The lowest BCUT2D eigenvalue weighted by molar-refractivity contribution is 0.152. The molecule has 0 spiro atoms. The molecule has 0 aromatic heterocycles. The van der Waals surface area contributed by atoms with Crippen LogP contribution in [0.2, 0.25) is 0 Å². The smallest absolute Gasteiger partial charge is 0.307 e.